The highest BCUT2D eigenvalue weighted by atomic mass is 16.5. The van der Waals surface area contributed by atoms with Gasteiger partial charge in [0.05, 0.1) is 26.4 Å². The number of carbonyl (C=O) groups excluding carboxylic acids is 1. The lowest BCUT2D eigenvalue weighted by atomic mass is 10.1. The summed E-state index contributed by atoms with van der Waals surface area (Å²) in [4.78, 5) is 11.7. The van der Waals surface area contributed by atoms with Crippen molar-refractivity contribution in [2.45, 2.75) is 0 Å². The minimum Gasteiger partial charge on any atom is -0.497 e. The van der Waals surface area contributed by atoms with E-state index in [1.807, 2.05) is 0 Å². The lowest BCUT2D eigenvalue weighted by Gasteiger charge is -2.10. The molecule has 0 fully saturated rings. The zero-order chi connectivity index (χ0) is 12.0. The average molecular weight is 225 g/mol. The third-order valence-corrected chi connectivity index (χ3v) is 2.05. The number of nitrogens with one attached hydrogen (secondary N) is 1. The Hall–Kier alpha value is -1.75. The van der Waals surface area contributed by atoms with Crippen LogP contribution in [0.4, 0.5) is 0 Å². The van der Waals surface area contributed by atoms with Crippen LogP contribution < -0.4 is 14.8 Å². The zero-order valence-corrected chi connectivity index (χ0v) is 9.32. The van der Waals surface area contributed by atoms with Gasteiger partial charge in [0.25, 0.3) is 5.91 Å². The van der Waals surface area contributed by atoms with Crippen LogP contribution >= 0.6 is 0 Å². The quantitative estimate of drug-likeness (QED) is 0.762. The van der Waals surface area contributed by atoms with Gasteiger partial charge in [0.1, 0.15) is 11.5 Å². The van der Waals surface area contributed by atoms with Crippen molar-refractivity contribution in [2.75, 3.05) is 27.4 Å². The Balaban J connectivity index is 2.94. The number of hydrogen-bond acceptors (Lipinski definition) is 4. The van der Waals surface area contributed by atoms with E-state index in [1.165, 1.54) is 14.2 Å². The van der Waals surface area contributed by atoms with E-state index in [1.54, 1.807) is 18.2 Å². The monoisotopic (exact) mass is 225 g/mol. The molecule has 0 aromatic heterocycles. The fourth-order valence-corrected chi connectivity index (χ4v) is 1.26. The van der Waals surface area contributed by atoms with E-state index in [2.05, 4.69) is 5.32 Å². The number of methoxy groups -OCH3 is 2. The smallest absolute Gasteiger partial charge is 0.255 e. The lowest BCUT2D eigenvalue weighted by molar-refractivity contribution is 0.0941. The molecular formula is C11H15NO4. The van der Waals surface area contributed by atoms with E-state index in [-0.39, 0.29) is 19.1 Å². The second-order valence-corrected chi connectivity index (χ2v) is 3.05. The summed E-state index contributed by atoms with van der Waals surface area (Å²) in [6, 6.07) is 4.96. The lowest BCUT2D eigenvalue weighted by Crippen LogP contribution is -2.26. The van der Waals surface area contributed by atoms with Gasteiger partial charge in [-0.3, -0.25) is 4.79 Å². The summed E-state index contributed by atoms with van der Waals surface area (Å²) in [5.41, 5.74) is 0.385. The Morgan fingerprint density at radius 3 is 2.69 bits per heavy atom. The molecule has 0 aliphatic heterocycles. The summed E-state index contributed by atoms with van der Waals surface area (Å²) < 4.78 is 10.1. The fraction of sp³-hybridized carbons (Fsp3) is 0.364. The van der Waals surface area contributed by atoms with Crippen molar-refractivity contribution in [3.05, 3.63) is 23.8 Å². The van der Waals surface area contributed by atoms with E-state index >= 15 is 0 Å². The summed E-state index contributed by atoms with van der Waals surface area (Å²) in [6.07, 6.45) is 0. The molecule has 5 heteroatoms. The minimum atomic E-state index is -0.301. The SMILES string of the molecule is COc1ccc(OC)c(C(=O)NCCO)c1. The van der Waals surface area contributed by atoms with Crippen LogP contribution in [0.3, 0.4) is 0 Å². The van der Waals surface area contributed by atoms with E-state index in [9.17, 15) is 4.79 Å². The van der Waals surface area contributed by atoms with Gasteiger partial charge in [-0.2, -0.15) is 0 Å². The molecule has 0 aliphatic carbocycles. The predicted molar refractivity (Wildman–Crippen MR) is 59.0 cm³/mol. The molecule has 1 aromatic rings. The largest absolute Gasteiger partial charge is 0.497 e. The molecular weight excluding hydrogens is 210 g/mol. The minimum absolute atomic E-state index is 0.0992. The molecule has 0 spiro atoms. The van der Waals surface area contributed by atoms with Gasteiger partial charge in [0.2, 0.25) is 0 Å². The highest BCUT2D eigenvalue weighted by Gasteiger charge is 2.12. The molecule has 1 amide bonds. The second kappa shape index (κ2) is 5.97. The Labute approximate surface area is 94.0 Å². The van der Waals surface area contributed by atoms with Gasteiger partial charge in [-0.15, -0.1) is 0 Å². The van der Waals surface area contributed by atoms with Crippen molar-refractivity contribution in [3.8, 4) is 11.5 Å². The molecule has 5 nitrogen and oxygen atoms in total. The number of rotatable bonds is 5. The molecule has 0 aliphatic rings. The molecule has 1 aromatic carbocycles. The summed E-state index contributed by atoms with van der Waals surface area (Å²) in [5.74, 6) is 0.746. The molecule has 16 heavy (non-hydrogen) atoms. The fourth-order valence-electron chi connectivity index (χ4n) is 1.26. The van der Waals surface area contributed by atoms with Gasteiger partial charge in [0, 0.05) is 6.54 Å². The first-order chi connectivity index (χ1) is 7.72. The first kappa shape index (κ1) is 12.3. The van der Waals surface area contributed by atoms with E-state index in [0.29, 0.717) is 17.1 Å². The second-order valence-electron chi connectivity index (χ2n) is 3.05. The molecule has 0 bridgehead atoms. The molecule has 1 rings (SSSR count). The van der Waals surface area contributed by atoms with E-state index in [4.69, 9.17) is 14.6 Å². The maximum absolute atomic E-state index is 11.7. The van der Waals surface area contributed by atoms with Crippen LogP contribution in [0.5, 0.6) is 11.5 Å². The molecule has 88 valence electrons. The first-order valence-corrected chi connectivity index (χ1v) is 4.84. The van der Waals surface area contributed by atoms with E-state index < -0.39 is 0 Å². The Kier molecular flexibility index (Phi) is 4.60. The highest BCUT2D eigenvalue weighted by molar-refractivity contribution is 5.97. The van der Waals surface area contributed by atoms with Crippen LogP contribution in [0.2, 0.25) is 0 Å². The van der Waals surface area contributed by atoms with Crippen molar-refractivity contribution in [1.29, 1.82) is 0 Å². The number of aliphatic hydroxyl groups excluding tert-OH is 1. The Morgan fingerprint density at radius 2 is 2.12 bits per heavy atom. The van der Waals surface area contributed by atoms with E-state index in [0.717, 1.165) is 0 Å². The number of ether oxygens (including phenoxy) is 2. The van der Waals surface area contributed by atoms with Gasteiger partial charge in [-0.25, -0.2) is 0 Å². The maximum atomic E-state index is 11.7. The Bertz CT molecular complexity index is 365. The third-order valence-electron chi connectivity index (χ3n) is 2.05. The molecule has 0 heterocycles. The number of aliphatic hydroxyl groups is 1. The van der Waals surface area contributed by atoms with Crippen molar-refractivity contribution >= 4 is 5.91 Å². The van der Waals surface area contributed by atoms with Gasteiger partial charge in [0.15, 0.2) is 0 Å². The molecule has 2 N–H and O–H groups in total. The number of hydrogen-bond donors (Lipinski definition) is 2. The molecule has 0 saturated heterocycles. The van der Waals surface area contributed by atoms with Crippen LogP contribution in [-0.2, 0) is 0 Å². The summed E-state index contributed by atoms with van der Waals surface area (Å²) >= 11 is 0. The zero-order valence-electron chi connectivity index (χ0n) is 9.32. The molecule has 0 atom stereocenters. The van der Waals surface area contributed by atoms with Crippen LogP contribution in [0.25, 0.3) is 0 Å². The van der Waals surface area contributed by atoms with Crippen molar-refractivity contribution in [1.82, 2.24) is 5.32 Å². The molecule has 0 radical (unpaired) electrons. The maximum Gasteiger partial charge on any atom is 0.255 e. The van der Waals surface area contributed by atoms with Gasteiger partial charge < -0.3 is 19.9 Å². The Morgan fingerprint density at radius 1 is 1.38 bits per heavy atom. The van der Waals surface area contributed by atoms with Gasteiger partial charge in [-0.1, -0.05) is 0 Å². The molecule has 0 unspecified atom stereocenters. The van der Waals surface area contributed by atoms with Crippen LogP contribution in [0, 0.1) is 0 Å². The van der Waals surface area contributed by atoms with Crippen LogP contribution in [0.15, 0.2) is 18.2 Å². The van der Waals surface area contributed by atoms with Crippen LogP contribution in [-0.4, -0.2) is 38.4 Å². The first-order valence-electron chi connectivity index (χ1n) is 4.84. The normalized spacial score (nSPS) is 9.69. The van der Waals surface area contributed by atoms with Gasteiger partial charge in [-0.05, 0) is 18.2 Å². The van der Waals surface area contributed by atoms with Crippen LogP contribution in [0.1, 0.15) is 10.4 Å². The summed E-state index contributed by atoms with van der Waals surface area (Å²) in [6.45, 7) is 0.108. The van der Waals surface area contributed by atoms with Crippen molar-refractivity contribution < 1.29 is 19.4 Å². The summed E-state index contributed by atoms with van der Waals surface area (Å²) in [7, 11) is 3.02. The molecule has 0 saturated carbocycles. The predicted octanol–water partition coefficient (Wildman–Crippen LogP) is 0.426. The van der Waals surface area contributed by atoms with Crippen molar-refractivity contribution in [2.24, 2.45) is 0 Å². The number of amides is 1. The topological polar surface area (TPSA) is 67.8 Å². The average Bonchev–Trinajstić information content (AvgIpc) is 2.35. The summed E-state index contributed by atoms with van der Waals surface area (Å²) in [5, 5.41) is 11.2. The van der Waals surface area contributed by atoms with Crippen molar-refractivity contribution in [3.63, 3.8) is 0 Å². The number of benzene rings is 1. The van der Waals surface area contributed by atoms with Gasteiger partial charge >= 0.3 is 0 Å². The number of carbonyl (C=O) groups is 1. The highest BCUT2D eigenvalue weighted by Crippen LogP contribution is 2.23. The third kappa shape index (κ3) is 2.87. The standard InChI is InChI=1S/C11H15NO4/c1-15-8-3-4-10(16-2)9(7-8)11(14)12-5-6-13/h3-4,7,13H,5-6H2,1-2H3,(H,12,14).